The van der Waals surface area contributed by atoms with Crippen molar-refractivity contribution in [1.82, 2.24) is 10.4 Å². The van der Waals surface area contributed by atoms with E-state index in [1.807, 2.05) is 26.0 Å². The molecule has 4 heteroatoms. The summed E-state index contributed by atoms with van der Waals surface area (Å²) < 4.78 is 13.1. The molecule has 1 aromatic heterocycles. The highest BCUT2D eigenvalue weighted by Crippen LogP contribution is 2.24. The zero-order valence-electron chi connectivity index (χ0n) is 10.4. The van der Waals surface area contributed by atoms with Gasteiger partial charge in [0.15, 0.2) is 0 Å². The monoisotopic (exact) mass is 245 g/mol. The second-order valence-corrected chi connectivity index (χ2v) is 4.33. The van der Waals surface area contributed by atoms with Crippen molar-refractivity contribution >= 4 is 0 Å². The van der Waals surface area contributed by atoms with Crippen LogP contribution in [0, 0.1) is 19.7 Å². The van der Waals surface area contributed by atoms with Gasteiger partial charge in [0.1, 0.15) is 5.82 Å². The minimum absolute atomic E-state index is 0.160. The molecule has 0 saturated carbocycles. The molecule has 1 unspecified atom stereocenters. The van der Waals surface area contributed by atoms with Crippen molar-refractivity contribution in [3.05, 3.63) is 64.7 Å². The van der Waals surface area contributed by atoms with Crippen LogP contribution >= 0.6 is 0 Å². The van der Waals surface area contributed by atoms with Crippen LogP contribution in [0.5, 0.6) is 0 Å². The summed E-state index contributed by atoms with van der Waals surface area (Å²) in [5.74, 6) is 5.39. The Morgan fingerprint density at radius 1 is 1.22 bits per heavy atom. The topological polar surface area (TPSA) is 50.9 Å². The van der Waals surface area contributed by atoms with Crippen LogP contribution in [0.3, 0.4) is 0 Å². The Kier molecular flexibility index (Phi) is 3.69. The SMILES string of the molecule is Cc1cc(C(NN)c2ccc(F)cc2C)ccn1. The van der Waals surface area contributed by atoms with Crippen LogP contribution in [0.1, 0.15) is 28.4 Å². The molecule has 3 nitrogen and oxygen atoms in total. The average Bonchev–Trinajstić information content (AvgIpc) is 2.33. The van der Waals surface area contributed by atoms with Crippen LogP contribution in [0.25, 0.3) is 0 Å². The van der Waals surface area contributed by atoms with Crippen molar-refractivity contribution in [3.63, 3.8) is 0 Å². The van der Waals surface area contributed by atoms with E-state index in [-0.39, 0.29) is 11.9 Å². The molecule has 0 saturated heterocycles. The zero-order chi connectivity index (χ0) is 13.1. The Morgan fingerprint density at radius 2 is 2.00 bits per heavy atom. The zero-order valence-corrected chi connectivity index (χ0v) is 10.4. The smallest absolute Gasteiger partial charge is 0.123 e. The van der Waals surface area contributed by atoms with E-state index in [0.29, 0.717) is 0 Å². The van der Waals surface area contributed by atoms with Gasteiger partial charge in [0, 0.05) is 11.9 Å². The fourth-order valence-corrected chi connectivity index (χ4v) is 2.08. The number of halogens is 1. The van der Waals surface area contributed by atoms with Crippen molar-refractivity contribution in [2.24, 2.45) is 5.84 Å². The molecule has 0 radical (unpaired) electrons. The Morgan fingerprint density at radius 3 is 2.61 bits per heavy atom. The third kappa shape index (κ3) is 2.55. The normalized spacial score (nSPS) is 12.4. The van der Waals surface area contributed by atoms with Gasteiger partial charge in [0.2, 0.25) is 0 Å². The molecule has 0 fully saturated rings. The van der Waals surface area contributed by atoms with Crippen molar-refractivity contribution in [1.29, 1.82) is 0 Å². The van der Waals surface area contributed by atoms with E-state index >= 15 is 0 Å². The molecule has 94 valence electrons. The average molecular weight is 245 g/mol. The molecule has 1 heterocycles. The summed E-state index contributed by atoms with van der Waals surface area (Å²) in [5, 5.41) is 0. The Labute approximate surface area is 106 Å². The standard InChI is InChI=1S/C14H16FN3/c1-9-7-12(15)3-4-13(9)14(18-16)11-5-6-17-10(2)8-11/h3-8,14,18H,16H2,1-2H3. The number of benzene rings is 1. The highest BCUT2D eigenvalue weighted by atomic mass is 19.1. The minimum Gasteiger partial charge on any atom is -0.271 e. The lowest BCUT2D eigenvalue weighted by Gasteiger charge is -2.19. The highest BCUT2D eigenvalue weighted by molar-refractivity contribution is 5.37. The third-order valence-electron chi connectivity index (χ3n) is 2.96. The van der Waals surface area contributed by atoms with Gasteiger partial charge in [-0.3, -0.25) is 10.8 Å². The number of hydrazine groups is 1. The molecule has 0 amide bonds. The van der Waals surface area contributed by atoms with Gasteiger partial charge in [-0.25, -0.2) is 9.82 Å². The Bertz CT molecular complexity index is 554. The molecule has 0 spiro atoms. The first-order chi connectivity index (χ1) is 8.61. The number of rotatable bonds is 3. The lowest BCUT2D eigenvalue weighted by Crippen LogP contribution is -2.29. The molecule has 18 heavy (non-hydrogen) atoms. The van der Waals surface area contributed by atoms with Gasteiger partial charge < -0.3 is 0 Å². The predicted molar refractivity (Wildman–Crippen MR) is 69.3 cm³/mol. The van der Waals surface area contributed by atoms with E-state index < -0.39 is 0 Å². The van der Waals surface area contributed by atoms with Gasteiger partial charge in [-0.2, -0.15) is 0 Å². The maximum Gasteiger partial charge on any atom is 0.123 e. The second kappa shape index (κ2) is 5.25. The van der Waals surface area contributed by atoms with Gasteiger partial charge >= 0.3 is 0 Å². The molecular formula is C14H16FN3. The fourth-order valence-electron chi connectivity index (χ4n) is 2.08. The van der Waals surface area contributed by atoms with E-state index in [0.717, 1.165) is 22.4 Å². The van der Waals surface area contributed by atoms with Gasteiger partial charge in [0.25, 0.3) is 0 Å². The van der Waals surface area contributed by atoms with Crippen LogP contribution < -0.4 is 11.3 Å². The van der Waals surface area contributed by atoms with Crippen LogP contribution in [0.4, 0.5) is 4.39 Å². The van der Waals surface area contributed by atoms with Crippen LogP contribution in [-0.2, 0) is 0 Å². The first kappa shape index (κ1) is 12.7. The van der Waals surface area contributed by atoms with E-state index in [2.05, 4.69) is 10.4 Å². The Balaban J connectivity index is 2.45. The lowest BCUT2D eigenvalue weighted by molar-refractivity contribution is 0.611. The van der Waals surface area contributed by atoms with Crippen LogP contribution in [0.15, 0.2) is 36.5 Å². The molecule has 2 rings (SSSR count). The number of hydrogen-bond donors (Lipinski definition) is 2. The largest absolute Gasteiger partial charge is 0.271 e. The van der Waals surface area contributed by atoms with Crippen LogP contribution in [0.2, 0.25) is 0 Å². The van der Waals surface area contributed by atoms with E-state index in [4.69, 9.17) is 5.84 Å². The molecule has 0 aliphatic heterocycles. The first-order valence-corrected chi connectivity index (χ1v) is 5.76. The molecule has 1 aromatic carbocycles. The predicted octanol–water partition coefficient (Wildman–Crippen LogP) is 2.39. The maximum atomic E-state index is 13.1. The summed E-state index contributed by atoms with van der Waals surface area (Å²) in [6.45, 7) is 3.80. The van der Waals surface area contributed by atoms with Gasteiger partial charge in [0.05, 0.1) is 6.04 Å². The highest BCUT2D eigenvalue weighted by Gasteiger charge is 2.15. The number of pyridine rings is 1. The second-order valence-electron chi connectivity index (χ2n) is 4.33. The third-order valence-corrected chi connectivity index (χ3v) is 2.96. The first-order valence-electron chi connectivity index (χ1n) is 5.76. The van der Waals surface area contributed by atoms with Gasteiger partial charge in [-0.05, 0) is 54.8 Å². The van der Waals surface area contributed by atoms with Crippen molar-refractivity contribution in [2.75, 3.05) is 0 Å². The quantitative estimate of drug-likeness (QED) is 0.645. The minimum atomic E-state index is -0.238. The fraction of sp³-hybridized carbons (Fsp3) is 0.214. The Hall–Kier alpha value is -1.78. The number of nitrogens with two attached hydrogens (primary N) is 1. The summed E-state index contributed by atoms with van der Waals surface area (Å²) in [6.07, 6.45) is 1.74. The van der Waals surface area contributed by atoms with Crippen molar-refractivity contribution in [3.8, 4) is 0 Å². The lowest BCUT2D eigenvalue weighted by atomic mass is 9.95. The molecule has 0 aliphatic rings. The summed E-state index contributed by atoms with van der Waals surface area (Å²) in [5.41, 5.74) is 6.54. The van der Waals surface area contributed by atoms with E-state index in [1.54, 1.807) is 12.3 Å². The summed E-state index contributed by atoms with van der Waals surface area (Å²) >= 11 is 0. The van der Waals surface area contributed by atoms with Crippen molar-refractivity contribution < 1.29 is 4.39 Å². The molecule has 0 aliphatic carbocycles. The molecular weight excluding hydrogens is 229 g/mol. The van der Waals surface area contributed by atoms with Crippen LogP contribution in [-0.4, -0.2) is 4.98 Å². The van der Waals surface area contributed by atoms with Gasteiger partial charge in [-0.15, -0.1) is 0 Å². The molecule has 2 aromatic rings. The molecule has 0 bridgehead atoms. The molecule has 1 atom stereocenters. The van der Waals surface area contributed by atoms with Gasteiger partial charge in [-0.1, -0.05) is 6.07 Å². The van der Waals surface area contributed by atoms with E-state index in [1.165, 1.54) is 12.1 Å². The summed E-state index contributed by atoms with van der Waals surface area (Å²) in [4.78, 5) is 4.16. The summed E-state index contributed by atoms with van der Waals surface area (Å²) in [7, 11) is 0. The molecule has 3 N–H and O–H groups in total. The number of nitrogens with one attached hydrogen (secondary N) is 1. The van der Waals surface area contributed by atoms with E-state index in [9.17, 15) is 4.39 Å². The maximum absolute atomic E-state index is 13.1. The van der Waals surface area contributed by atoms with Crippen molar-refractivity contribution in [2.45, 2.75) is 19.9 Å². The number of hydrogen-bond acceptors (Lipinski definition) is 3. The number of nitrogens with zero attached hydrogens (tertiary/aromatic N) is 1. The number of aromatic nitrogens is 1. The number of aryl methyl sites for hydroxylation is 2. The summed E-state index contributed by atoms with van der Waals surface area (Å²) in [6, 6.07) is 8.42.